The summed E-state index contributed by atoms with van der Waals surface area (Å²) in [5.74, 6) is 1.70. The van der Waals surface area contributed by atoms with Crippen LogP contribution in [0.2, 0.25) is 0 Å². The van der Waals surface area contributed by atoms with E-state index < -0.39 is 0 Å². The quantitative estimate of drug-likeness (QED) is 0.734. The Bertz CT molecular complexity index is 770. The fourth-order valence-corrected chi connectivity index (χ4v) is 3.04. The number of hydrogen-bond donors (Lipinski definition) is 1. The highest BCUT2D eigenvalue weighted by molar-refractivity contribution is 5.86. The van der Waals surface area contributed by atoms with Gasteiger partial charge in [-0.2, -0.15) is 10.1 Å². The van der Waals surface area contributed by atoms with Crippen molar-refractivity contribution >= 4 is 16.7 Å². The van der Waals surface area contributed by atoms with Gasteiger partial charge in [-0.15, -0.1) is 0 Å². The molecule has 4 heteroatoms. The van der Waals surface area contributed by atoms with Crippen LogP contribution in [0.5, 0.6) is 0 Å². The summed E-state index contributed by atoms with van der Waals surface area (Å²) in [5, 5.41) is 10.5. The van der Waals surface area contributed by atoms with E-state index >= 15 is 0 Å². The van der Waals surface area contributed by atoms with Crippen LogP contribution in [0.3, 0.4) is 0 Å². The third-order valence-electron chi connectivity index (χ3n) is 3.92. The Morgan fingerprint density at radius 3 is 2.95 bits per heavy atom. The number of anilines is 1. The fourth-order valence-electron chi connectivity index (χ4n) is 3.04. The molecule has 1 N–H and O–H groups in total. The Hall–Kier alpha value is -2.36. The minimum Gasteiger partial charge on any atom is -0.354 e. The monoisotopic (exact) mass is 264 g/mol. The largest absolute Gasteiger partial charge is 0.354 e. The molecule has 100 valence electrons. The third kappa shape index (κ3) is 1.68. The van der Waals surface area contributed by atoms with Gasteiger partial charge in [0, 0.05) is 6.54 Å². The molecular weight excluding hydrogens is 248 g/mol. The average molecular weight is 264 g/mol. The molecule has 3 aromatic rings. The molecule has 2 aromatic carbocycles. The van der Waals surface area contributed by atoms with Gasteiger partial charge in [0.05, 0.1) is 6.04 Å². The Balaban J connectivity index is 1.92. The highest BCUT2D eigenvalue weighted by atomic mass is 15.4. The van der Waals surface area contributed by atoms with Crippen molar-refractivity contribution in [1.29, 1.82) is 0 Å². The van der Waals surface area contributed by atoms with Gasteiger partial charge >= 0.3 is 0 Å². The summed E-state index contributed by atoms with van der Waals surface area (Å²) >= 11 is 0. The lowest BCUT2D eigenvalue weighted by molar-refractivity contribution is 0.481. The second-order valence-electron chi connectivity index (χ2n) is 5.23. The number of fused-ring (bicyclic) bond motifs is 2. The predicted molar refractivity (Wildman–Crippen MR) is 80.0 cm³/mol. The molecule has 0 radical (unpaired) electrons. The lowest BCUT2D eigenvalue weighted by Crippen LogP contribution is -2.24. The van der Waals surface area contributed by atoms with E-state index in [1.54, 1.807) is 0 Å². The van der Waals surface area contributed by atoms with Crippen molar-refractivity contribution in [2.24, 2.45) is 0 Å². The lowest BCUT2D eigenvalue weighted by Gasteiger charge is -2.25. The number of rotatable bonds is 1. The van der Waals surface area contributed by atoms with Crippen LogP contribution in [-0.2, 0) is 0 Å². The first-order valence-corrected chi connectivity index (χ1v) is 6.97. The van der Waals surface area contributed by atoms with Crippen LogP contribution in [0, 0.1) is 6.92 Å². The van der Waals surface area contributed by atoms with Crippen LogP contribution in [0.4, 0.5) is 5.95 Å². The molecule has 0 aliphatic carbocycles. The molecule has 0 bridgehead atoms. The standard InChI is InChI=1S/C16H16N4/c1-11-18-16-17-10-9-15(20(16)19-11)14-8-4-6-12-5-2-3-7-13(12)14/h2-8,15H,9-10H2,1H3,(H,17,18,19). The molecule has 1 atom stereocenters. The van der Waals surface area contributed by atoms with E-state index in [1.165, 1.54) is 16.3 Å². The van der Waals surface area contributed by atoms with Crippen LogP contribution in [-0.4, -0.2) is 21.3 Å². The van der Waals surface area contributed by atoms with Crippen molar-refractivity contribution in [2.75, 3.05) is 11.9 Å². The number of nitrogens with zero attached hydrogens (tertiary/aromatic N) is 3. The summed E-state index contributed by atoms with van der Waals surface area (Å²) in [5.41, 5.74) is 1.33. The summed E-state index contributed by atoms with van der Waals surface area (Å²) in [6.45, 7) is 2.87. The van der Waals surface area contributed by atoms with E-state index in [2.05, 4.69) is 57.9 Å². The summed E-state index contributed by atoms with van der Waals surface area (Å²) in [7, 11) is 0. The van der Waals surface area contributed by atoms with Crippen molar-refractivity contribution in [1.82, 2.24) is 14.8 Å². The van der Waals surface area contributed by atoms with E-state index in [1.807, 2.05) is 11.6 Å². The van der Waals surface area contributed by atoms with Gasteiger partial charge in [-0.3, -0.25) is 0 Å². The zero-order valence-corrected chi connectivity index (χ0v) is 11.4. The van der Waals surface area contributed by atoms with Crippen LogP contribution in [0.1, 0.15) is 23.9 Å². The van der Waals surface area contributed by atoms with Crippen LogP contribution in [0.15, 0.2) is 42.5 Å². The minimum absolute atomic E-state index is 0.263. The summed E-state index contributed by atoms with van der Waals surface area (Å²) in [4.78, 5) is 4.45. The number of hydrogen-bond acceptors (Lipinski definition) is 3. The molecule has 0 fully saturated rings. The minimum atomic E-state index is 0.263. The Morgan fingerprint density at radius 1 is 1.15 bits per heavy atom. The molecule has 1 unspecified atom stereocenters. The number of aromatic nitrogens is 3. The van der Waals surface area contributed by atoms with Gasteiger partial charge in [-0.1, -0.05) is 42.5 Å². The third-order valence-corrected chi connectivity index (χ3v) is 3.92. The van der Waals surface area contributed by atoms with Crippen molar-refractivity contribution in [3.8, 4) is 0 Å². The van der Waals surface area contributed by atoms with Crippen molar-refractivity contribution < 1.29 is 0 Å². The zero-order chi connectivity index (χ0) is 13.5. The molecule has 2 heterocycles. The van der Waals surface area contributed by atoms with Crippen molar-refractivity contribution in [3.05, 3.63) is 53.9 Å². The summed E-state index contributed by atoms with van der Waals surface area (Å²) in [6, 6.07) is 15.3. The van der Waals surface area contributed by atoms with Gasteiger partial charge in [0.2, 0.25) is 5.95 Å². The van der Waals surface area contributed by atoms with Crippen LogP contribution < -0.4 is 5.32 Å². The topological polar surface area (TPSA) is 42.7 Å². The van der Waals surface area contributed by atoms with Crippen molar-refractivity contribution in [2.45, 2.75) is 19.4 Å². The summed E-state index contributed by atoms with van der Waals surface area (Å²) in [6.07, 6.45) is 1.03. The SMILES string of the molecule is Cc1nc2n(n1)C(c1cccc3ccccc13)CCN2. The Labute approximate surface area is 117 Å². The molecule has 0 saturated heterocycles. The van der Waals surface area contributed by atoms with Gasteiger partial charge in [-0.05, 0) is 29.7 Å². The maximum absolute atomic E-state index is 4.56. The zero-order valence-electron chi connectivity index (χ0n) is 11.4. The van der Waals surface area contributed by atoms with E-state index in [4.69, 9.17) is 0 Å². The highest BCUT2D eigenvalue weighted by Crippen LogP contribution is 2.32. The van der Waals surface area contributed by atoms with Gasteiger partial charge in [0.25, 0.3) is 0 Å². The predicted octanol–water partition coefficient (Wildman–Crippen LogP) is 3.14. The first kappa shape index (κ1) is 11.5. The van der Waals surface area contributed by atoms with E-state index in [0.717, 1.165) is 24.7 Å². The van der Waals surface area contributed by atoms with E-state index in [9.17, 15) is 0 Å². The second-order valence-corrected chi connectivity index (χ2v) is 5.23. The van der Waals surface area contributed by atoms with Crippen LogP contribution in [0.25, 0.3) is 10.8 Å². The van der Waals surface area contributed by atoms with E-state index in [-0.39, 0.29) is 6.04 Å². The molecular formula is C16H16N4. The fraction of sp³-hybridized carbons (Fsp3) is 0.250. The first-order chi connectivity index (χ1) is 9.83. The normalized spacial score (nSPS) is 17.8. The maximum Gasteiger partial charge on any atom is 0.221 e. The summed E-state index contributed by atoms with van der Waals surface area (Å²) < 4.78 is 2.03. The number of benzene rings is 2. The molecule has 0 spiro atoms. The first-order valence-electron chi connectivity index (χ1n) is 6.97. The Kier molecular flexibility index (Phi) is 2.49. The molecule has 4 nitrogen and oxygen atoms in total. The number of nitrogens with one attached hydrogen (secondary N) is 1. The van der Waals surface area contributed by atoms with E-state index in [0.29, 0.717) is 0 Å². The van der Waals surface area contributed by atoms with Gasteiger partial charge in [-0.25, -0.2) is 4.68 Å². The van der Waals surface area contributed by atoms with Gasteiger partial charge in [0.15, 0.2) is 0 Å². The van der Waals surface area contributed by atoms with Gasteiger partial charge in [0.1, 0.15) is 5.82 Å². The molecule has 1 aromatic heterocycles. The van der Waals surface area contributed by atoms with Crippen molar-refractivity contribution in [3.63, 3.8) is 0 Å². The molecule has 1 aliphatic rings. The molecule has 0 amide bonds. The maximum atomic E-state index is 4.56. The van der Waals surface area contributed by atoms with Crippen LogP contribution >= 0.6 is 0 Å². The Morgan fingerprint density at radius 2 is 2.00 bits per heavy atom. The number of aryl methyl sites for hydroxylation is 1. The van der Waals surface area contributed by atoms with Gasteiger partial charge < -0.3 is 5.32 Å². The molecule has 0 saturated carbocycles. The highest BCUT2D eigenvalue weighted by Gasteiger charge is 2.24. The second kappa shape index (κ2) is 4.34. The lowest BCUT2D eigenvalue weighted by atomic mass is 9.96. The smallest absolute Gasteiger partial charge is 0.221 e. The molecule has 20 heavy (non-hydrogen) atoms. The molecule has 4 rings (SSSR count). The molecule has 1 aliphatic heterocycles. The average Bonchev–Trinajstić information content (AvgIpc) is 2.87.